The lowest BCUT2D eigenvalue weighted by Crippen LogP contribution is -2.15. The Hall–Kier alpha value is -3.04. The minimum atomic E-state index is -5.09. The molecule has 0 fully saturated rings. The van der Waals surface area contributed by atoms with E-state index in [2.05, 4.69) is 14.4 Å². The van der Waals surface area contributed by atoms with E-state index in [0.29, 0.717) is 6.07 Å². The number of aromatic hydroxyl groups is 1. The number of hydrogen-bond acceptors (Lipinski definition) is 12. The van der Waals surface area contributed by atoms with Crippen molar-refractivity contribution in [2.24, 2.45) is 10.2 Å². The van der Waals surface area contributed by atoms with Crippen LogP contribution in [0.25, 0.3) is 10.8 Å². The van der Waals surface area contributed by atoms with Crippen molar-refractivity contribution in [3.05, 3.63) is 48.5 Å². The molecule has 0 aliphatic carbocycles. The van der Waals surface area contributed by atoms with Crippen LogP contribution in [-0.4, -0.2) is 64.8 Å². The first-order valence-corrected chi connectivity index (χ1v) is 15.4. The van der Waals surface area contributed by atoms with E-state index >= 15 is 0 Å². The molecular formula is C18H16N2O13S4. The molecular weight excluding hydrogens is 580 g/mol. The van der Waals surface area contributed by atoms with Gasteiger partial charge in [0.25, 0.3) is 20.2 Å². The first-order valence-electron chi connectivity index (χ1n) is 9.50. The van der Waals surface area contributed by atoms with E-state index in [9.17, 15) is 47.9 Å². The van der Waals surface area contributed by atoms with Crippen molar-refractivity contribution in [1.82, 2.24) is 0 Å². The van der Waals surface area contributed by atoms with Gasteiger partial charge in [0.15, 0.2) is 9.84 Å². The van der Waals surface area contributed by atoms with Gasteiger partial charge in [0.05, 0.1) is 27.8 Å². The second-order valence-electron chi connectivity index (χ2n) is 7.17. The summed E-state index contributed by atoms with van der Waals surface area (Å²) in [6.45, 7) is -0.835. The molecule has 0 radical (unpaired) electrons. The predicted molar refractivity (Wildman–Crippen MR) is 125 cm³/mol. The molecule has 15 nitrogen and oxygen atoms in total. The maximum Gasteiger partial charge on any atom is 0.397 e. The minimum Gasteiger partial charge on any atom is -0.506 e. The number of rotatable bonds is 9. The molecule has 3 rings (SSSR count). The molecule has 3 aromatic carbocycles. The Balaban J connectivity index is 2.02. The number of hydrogen-bond donors (Lipinski definition) is 4. The first-order chi connectivity index (χ1) is 16.9. The van der Waals surface area contributed by atoms with E-state index < -0.39 is 79.4 Å². The maximum atomic E-state index is 12.2. The number of fused-ring (bicyclic) bond motifs is 1. The molecule has 0 spiro atoms. The molecule has 0 unspecified atom stereocenters. The Kier molecular flexibility index (Phi) is 7.73. The molecule has 0 aliphatic heterocycles. The van der Waals surface area contributed by atoms with Gasteiger partial charge in [-0.15, -0.1) is 5.11 Å². The lowest BCUT2D eigenvalue weighted by atomic mass is 10.1. The number of sulfone groups is 1. The molecule has 0 aromatic heterocycles. The summed E-state index contributed by atoms with van der Waals surface area (Å²) in [5.74, 6) is -1.39. The summed E-state index contributed by atoms with van der Waals surface area (Å²) < 4.78 is 124. The number of azo groups is 1. The van der Waals surface area contributed by atoms with Crippen molar-refractivity contribution >= 4 is 62.6 Å². The zero-order valence-electron chi connectivity index (χ0n) is 18.0. The smallest absolute Gasteiger partial charge is 0.397 e. The topological polar surface area (TPSA) is 251 Å². The third-order valence-electron chi connectivity index (χ3n) is 4.63. The molecule has 0 bridgehead atoms. The fourth-order valence-corrected chi connectivity index (χ4v) is 5.87. The summed E-state index contributed by atoms with van der Waals surface area (Å²) in [6, 6.07) is 8.00. The average Bonchev–Trinajstić information content (AvgIpc) is 2.75. The molecule has 19 heteroatoms. The Bertz CT molecular complexity index is 1830. The van der Waals surface area contributed by atoms with Crippen LogP contribution in [-0.2, 0) is 44.7 Å². The van der Waals surface area contributed by atoms with Crippen LogP contribution in [0.15, 0.2) is 73.4 Å². The summed E-state index contributed by atoms with van der Waals surface area (Å²) in [6.07, 6.45) is 0. The van der Waals surface area contributed by atoms with Crippen molar-refractivity contribution in [1.29, 1.82) is 0 Å². The zero-order valence-corrected chi connectivity index (χ0v) is 21.3. The van der Waals surface area contributed by atoms with Gasteiger partial charge in [0.2, 0.25) is 0 Å². The van der Waals surface area contributed by atoms with E-state index in [1.165, 1.54) is 12.1 Å². The quantitative estimate of drug-likeness (QED) is 0.204. The van der Waals surface area contributed by atoms with Gasteiger partial charge in [-0.25, -0.2) is 12.6 Å². The van der Waals surface area contributed by atoms with E-state index in [1.807, 2.05) is 0 Å². The SMILES string of the molecule is O=S(=O)(O)OCCS(=O)(=O)c1ccc(/N=N/c2c(O)ccc3cc(S(=O)(=O)O)cc(S(=O)(=O)O)c23)cc1. The van der Waals surface area contributed by atoms with Gasteiger partial charge in [-0.2, -0.15) is 30.4 Å². The second-order valence-corrected chi connectivity index (χ2v) is 13.2. The number of phenolic OH excluding ortho intramolecular Hbond substituents is 1. The molecule has 37 heavy (non-hydrogen) atoms. The van der Waals surface area contributed by atoms with Crippen LogP contribution in [0.3, 0.4) is 0 Å². The molecule has 0 saturated heterocycles. The molecule has 200 valence electrons. The highest BCUT2D eigenvalue weighted by Gasteiger charge is 2.24. The van der Waals surface area contributed by atoms with E-state index in [-0.39, 0.29) is 16.0 Å². The third-order valence-corrected chi connectivity index (χ3v) is 8.50. The monoisotopic (exact) mass is 596 g/mol. The summed E-state index contributed by atoms with van der Waals surface area (Å²) in [4.78, 5) is -2.10. The minimum absolute atomic E-state index is 0.00695. The van der Waals surface area contributed by atoms with Gasteiger partial charge in [-0.05, 0) is 47.9 Å². The van der Waals surface area contributed by atoms with Gasteiger partial charge < -0.3 is 5.11 Å². The molecule has 0 heterocycles. The fourth-order valence-electron chi connectivity index (χ4n) is 3.02. The van der Waals surface area contributed by atoms with Crippen LogP contribution >= 0.6 is 0 Å². The van der Waals surface area contributed by atoms with Crippen LogP contribution in [0.5, 0.6) is 5.75 Å². The fraction of sp³-hybridized carbons (Fsp3) is 0.111. The largest absolute Gasteiger partial charge is 0.506 e. The van der Waals surface area contributed by atoms with Crippen LogP contribution in [0, 0.1) is 0 Å². The summed E-state index contributed by atoms with van der Waals surface area (Å²) in [7, 11) is -18.8. The molecule has 4 N–H and O–H groups in total. The Labute approximate surface area is 210 Å². The molecule has 3 aromatic rings. The van der Waals surface area contributed by atoms with Gasteiger partial charge >= 0.3 is 10.4 Å². The van der Waals surface area contributed by atoms with Gasteiger partial charge in [-0.3, -0.25) is 13.7 Å². The number of nitrogens with zero attached hydrogens (tertiary/aromatic N) is 2. The normalized spacial score (nSPS) is 13.4. The summed E-state index contributed by atoms with van der Waals surface area (Å²) >= 11 is 0. The lowest BCUT2D eigenvalue weighted by Gasteiger charge is -2.10. The maximum absolute atomic E-state index is 12.2. The van der Waals surface area contributed by atoms with Gasteiger partial charge in [0.1, 0.15) is 16.3 Å². The Morgan fingerprint density at radius 2 is 1.35 bits per heavy atom. The standard InChI is InChI=1S/C18H16N2O13S4/c21-15-6-1-11-9-14(35(24,25)26)10-16(36(27,28)29)17(11)18(15)20-19-12-2-4-13(5-3-12)34(22,23)8-7-33-37(30,31)32/h1-6,9-10,21H,7-8H2,(H,24,25,26)(H,27,28,29)(H,30,31,32)/b20-19+. The molecule has 0 atom stereocenters. The van der Waals surface area contributed by atoms with Crippen LogP contribution in [0.2, 0.25) is 0 Å². The average molecular weight is 597 g/mol. The zero-order chi connectivity index (χ0) is 27.8. The van der Waals surface area contributed by atoms with Crippen LogP contribution in [0.4, 0.5) is 11.4 Å². The second kappa shape index (κ2) is 10.0. The van der Waals surface area contributed by atoms with E-state index in [4.69, 9.17) is 4.55 Å². The van der Waals surface area contributed by atoms with E-state index in [1.54, 1.807) is 0 Å². The Morgan fingerprint density at radius 1 is 0.730 bits per heavy atom. The van der Waals surface area contributed by atoms with Gasteiger partial charge in [-0.1, -0.05) is 6.07 Å². The van der Waals surface area contributed by atoms with Crippen molar-refractivity contribution in [2.45, 2.75) is 14.7 Å². The summed E-state index contributed by atoms with van der Waals surface area (Å²) in [5.41, 5.74) is -0.487. The molecule has 0 saturated carbocycles. The molecule has 0 amide bonds. The van der Waals surface area contributed by atoms with E-state index in [0.717, 1.165) is 30.3 Å². The highest BCUT2D eigenvalue weighted by molar-refractivity contribution is 7.91. The van der Waals surface area contributed by atoms with Gasteiger partial charge in [0, 0.05) is 5.39 Å². The Morgan fingerprint density at radius 3 is 1.89 bits per heavy atom. The van der Waals surface area contributed by atoms with Crippen LogP contribution < -0.4 is 0 Å². The van der Waals surface area contributed by atoms with Crippen molar-refractivity contribution in [3.63, 3.8) is 0 Å². The van der Waals surface area contributed by atoms with Crippen LogP contribution in [0.1, 0.15) is 0 Å². The van der Waals surface area contributed by atoms with Crippen molar-refractivity contribution in [3.8, 4) is 5.75 Å². The van der Waals surface area contributed by atoms with Crippen molar-refractivity contribution < 1.29 is 56.6 Å². The summed E-state index contributed by atoms with van der Waals surface area (Å²) in [5, 5.41) is 17.2. The lowest BCUT2D eigenvalue weighted by molar-refractivity contribution is 0.284. The number of benzene rings is 3. The predicted octanol–water partition coefficient (Wildman–Crippen LogP) is 2.05. The van der Waals surface area contributed by atoms with Crippen molar-refractivity contribution in [2.75, 3.05) is 12.4 Å². The molecule has 0 aliphatic rings. The third kappa shape index (κ3) is 7.05. The highest BCUT2D eigenvalue weighted by atomic mass is 32.3. The number of phenols is 1. The first kappa shape index (κ1) is 28.5. The highest BCUT2D eigenvalue weighted by Crippen LogP contribution is 2.41.